The third kappa shape index (κ3) is 7.26. The molecule has 0 saturated carbocycles. The summed E-state index contributed by atoms with van der Waals surface area (Å²) in [5, 5.41) is 4.14. The van der Waals surface area contributed by atoms with Crippen molar-refractivity contribution in [1.82, 2.24) is 5.32 Å². The van der Waals surface area contributed by atoms with Crippen LogP contribution in [0.15, 0.2) is 0 Å². The monoisotopic (exact) mass is 291 g/mol. The van der Waals surface area contributed by atoms with Gasteiger partial charge in [0.2, 0.25) is 5.91 Å². The first-order chi connectivity index (χ1) is 7.65. The van der Waals surface area contributed by atoms with E-state index in [4.69, 9.17) is 0 Å². The van der Waals surface area contributed by atoms with Gasteiger partial charge in [0, 0.05) is 17.3 Å². The Morgan fingerprint density at radius 1 is 1.19 bits per heavy atom. The Bertz CT molecular complexity index is 179. The van der Waals surface area contributed by atoms with Crippen molar-refractivity contribution in [2.24, 2.45) is 5.92 Å². The van der Waals surface area contributed by atoms with E-state index in [0.29, 0.717) is 6.04 Å². The van der Waals surface area contributed by atoms with Gasteiger partial charge in [-0.25, -0.2) is 0 Å². The Kier molecular flexibility index (Phi) is 10.1. The second-order valence-electron chi connectivity index (χ2n) is 4.52. The van der Waals surface area contributed by atoms with Gasteiger partial charge in [0.25, 0.3) is 0 Å². The summed E-state index contributed by atoms with van der Waals surface area (Å²) >= 11 is 3.41. The van der Waals surface area contributed by atoms with E-state index in [2.05, 4.69) is 42.0 Å². The number of carbonyl (C=O) groups is 1. The first-order valence-corrected chi connectivity index (χ1v) is 7.64. The molecule has 0 aromatic carbocycles. The van der Waals surface area contributed by atoms with E-state index >= 15 is 0 Å². The molecule has 0 bridgehead atoms. The SMILES string of the molecule is CCCC(CCC)C(=O)NC(C)CCCBr. The van der Waals surface area contributed by atoms with Crippen molar-refractivity contribution in [2.75, 3.05) is 5.33 Å². The highest BCUT2D eigenvalue weighted by atomic mass is 79.9. The summed E-state index contributed by atoms with van der Waals surface area (Å²) in [5.41, 5.74) is 0. The largest absolute Gasteiger partial charge is 0.353 e. The molecule has 0 aromatic rings. The topological polar surface area (TPSA) is 29.1 Å². The quantitative estimate of drug-likeness (QED) is 0.642. The zero-order valence-electron chi connectivity index (χ0n) is 10.9. The number of hydrogen-bond donors (Lipinski definition) is 1. The zero-order chi connectivity index (χ0) is 12.4. The van der Waals surface area contributed by atoms with Crippen LogP contribution >= 0.6 is 15.9 Å². The molecule has 1 unspecified atom stereocenters. The van der Waals surface area contributed by atoms with Crippen LogP contribution in [0.4, 0.5) is 0 Å². The van der Waals surface area contributed by atoms with E-state index in [1.807, 2.05) is 0 Å². The number of carbonyl (C=O) groups excluding carboxylic acids is 1. The van der Waals surface area contributed by atoms with Crippen LogP contribution in [0.3, 0.4) is 0 Å². The van der Waals surface area contributed by atoms with Crippen molar-refractivity contribution < 1.29 is 4.79 Å². The smallest absolute Gasteiger partial charge is 0.223 e. The lowest BCUT2D eigenvalue weighted by molar-refractivity contribution is -0.126. The Balaban J connectivity index is 3.97. The van der Waals surface area contributed by atoms with E-state index in [-0.39, 0.29) is 11.8 Å². The molecule has 0 aliphatic rings. The number of rotatable bonds is 9. The fourth-order valence-electron chi connectivity index (χ4n) is 1.92. The molecule has 3 heteroatoms. The lowest BCUT2D eigenvalue weighted by Gasteiger charge is -2.19. The molecule has 0 spiro atoms. The summed E-state index contributed by atoms with van der Waals surface area (Å²) < 4.78 is 0. The highest BCUT2D eigenvalue weighted by Gasteiger charge is 2.17. The first-order valence-electron chi connectivity index (χ1n) is 6.52. The van der Waals surface area contributed by atoms with Gasteiger partial charge >= 0.3 is 0 Å². The van der Waals surface area contributed by atoms with Crippen LogP contribution in [0.5, 0.6) is 0 Å². The number of nitrogens with one attached hydrogen (secondary N) is 1. The molecule has 96 valence electrons. The van der Waals surface area contributed by atoms with E-state index in [1.165, 1.54) is 0 Å². The van der Waals surface area contributed by atoms with Crippen molar-refractivity contribution >= 4 is 21.8 Å². The number of amides is 1. The Hall–Kier alpha value is -0.0500. The molecule has 16 heavy (non-hydrogen) atoms. The maximum atomic E-state index is 12.0. The minimum atomic E-state index is 0.224. The second kappa shape index (κ2) is 10.1. The normalized spacial score (nSPS) is 12.8. The van der Waals surface area contributed by atoms with Gasteiger partial charge < -0.3 is 5.32 Å². The van der Waals surface area contributed by atoms with Crippen LogP contribution in [-0.2, 0) is 4.79 Å². The number of halogens is 1. The lowest BCUT2D eigenvalue weighted by Crippen LogP contribution is -2.37. The van der Waals surface area contributed by atoms with Crippen LogP contribution in [0.25, 0.3) is 0 Å². The van der Waals surface area contributed by atoms with Gasteiger partial charge in [-0.1, -0.05) is 42.6 Å². The lowest BCUT2D eigenvalue weighted by atomic mass is 9.97. The standard InChI is InChI=1S/C13H26BrNO/c1-4-7-12(8-5-2)13(16)15-11(3)9-6-10-14/h11-12H,4-10H2,1-3H3,(H,15,16). The third-order valence-electron chi connectivity index (χ3n) is 2.80. The van der Waals surface area contributed by atoms with Crippen molar-refractivity contribution in [1.29, 1.82) is 0 Å². The van der Waals surface area contributed by atoms with E-state index in [0.717, 1.165) is 43.9 Å². The average Bonchev–Trinajstić information content (AvgIpc) is 2.26. The number of alkyl halides is 1. The summed E-state index contributed by atoms with van der Waals surface area (Å²) in [5.74, 6) is 0.479. The third-order valence-corrected chi connectivity index (χ3v) is 3.37. The van der Waals surface area contributed by atoms with E-state index in [1.54, 1.807) is 0 Å². The highest BCUT2D eigenvalue weighted by Crippen LogP contribution is 2.14. The maximum Gasteiger partial charge on any atom is 0.223 e. The first kappa shape index (κ1) is 16.0. The second-order valence-corrected chi connectivity index (χ2v) is 5.31. The molecule has 0 saturated heterocycles. The molecule has 1 N–H and O–H groups in total. The summed E-state index contributed by atoms with van der Waals surface area (Å²) in [6.45, 7) is 6.38. The predicted octanol–water partition coefficient (Wildman–Crippen LogP) is 3.88. The minimum Gasteiger partial charge on any atom is -0.353 e. The molecule has 1 amide bonds. The van der Waals surface area contributed by atoms with Gasteiger partial charge in [-0.05, 0) is 32.6 Å². The Morgan fingerprint density at radius 2 is 1.75 bits per heavy atom. The summed E-state index contributed by atoms with van der Waals surface area (Å²) in [7, 11) is 0. The molecule has 0 fully saturated rings. The molecule has 2 nitrogen and oxygen atoms in total. The van der Waals surface area contributed by atoms with Gasteiger partial charge in [0.05, 0.1) is 0 Å². The molecular weight excluding hydrogens is 266 g/mol. The molecule has 1 atom stereocenters. The fraction of sp³-hybridized carbons (Fsp3) is 0.923. The summed E-state index contributed by atoms with van der Waals surface area (Å²) in [6, 6.07) is 0.307. The average molecular weight is 292 g/mol. The van der Waals surface area contributed by atoms with Crippen molar-refractivity contribution in [3.05, 3.63) is 0 Å². The van der Waals surface area contributed by atoms with Crippen LogP contribution in [0, 0.1) is 5.92 Å². The maximum absolute atomic E-state index is 12.0. The Labute approximate surface area is 109 Å². The minimum absolute atomic E-state index is 0.224. The van der Waals surface area contributed by atoms with Crippen molar-refractivity contribution in [3.63, 3.8) is 0 Å². The van der Waals surface area contributed by atoms with Gasteiger partial charge in [-0.3, -0.25) is 4.79 Å². The van der Waals surface area contributed by atoms with E-state index in [9.17, 15) is 4.79 Å². The number of hydrogen-bond acceptors (Lipinski definition) is 1. The molecule has 0 rings (SSSR count). The van der Waals surface area contributed by atoms with Gasteiger partial charge in [-0.15, -0.1) is 0 Å². The van der Waals surface area contributed by atoms with Crippen molar-refractivity contribution in [2.45, 2.75) is 65.3 Å². The van der Waals surface area contributed by atoms with Crippen LogP contribution in [-0.4, -0.2) is 17.3 Å². The summed E-state index contributed by atoms with van der Waals surface area (Å²) in [4.78, 5) is 12.0. The zero-order valence-corrected chi connectivity index (χ0v) is 12.5. The Morgan fingerprint density at radius 3 is 2.19 bits per heavy atom. The fourth-order valence-corrected chi connectivity index (χ4v) is 2.24. The van der Waals surface area contributed by atoms with E-state index < -0.39 is 0 Å². The molecule has 0 aromatic heterocycles. The van der Waals surface area contributed by atoms with Gasteiger partial charge in [-0.2, -0.15) is 0 Å². The van der Waals surface area contributed by atoms with Gasteiger partial charge in [0.1, 0.15) is 0 Å². The van der Waals surface area contributed by atoms with Gasteiger partial charge in [0.15, 0.2) is 0 Å². The molecule has 0 heterocycles. The molecule has 0 aliphatic carbocycles. The summed E-state index contributed by atoms with van der Waals surface area (Å²) in [6.07, 6.45) is 6.40. The predicted molar refractivity (Wildman–Crippen MR) is 73.9 cm³/mol. The molecular formula is C13H26BrNO. The highest BCUT2D eigenvalue weighted by molar-refractivity contribution is 9.09. The van der Waals surface area contributed by atoms with Crippen molar-refractivity contribution in [3.8, 4) is 0 Å². The van der Waals surface area contributed by atoms with Crippen LogP contribution < -0.4 is 5.32 Å². The molecule has 0 aliphatic heterocycles. The van der Waals surface area contributed by atoms with Crippen LogP contribution in [0.2, 0.25) is 0 Å². The molecule has 0 radical (unpaired) electrons. The van der Waals surface area contributed by atoms with Crippen LogP contribution in [0.1, 0.15) is 59.3 Å².